The normalized spacial score (nSPS) is 18.9. The van der Waals surface area contributed by atoms with Gasteiger partial charge in [-0.25, -0.2) is 0 Å². The third-order valence-electron chi connectivity index (χ3n) is 5.09. The monoisotopic (exact) mass is 368 g/mol. The number of carbonyl (C=O) groups excluding carboxylic acids is 1. The summed E-state index contributed by atoms with van der Waals surface area (Å²) in [5.74, 6) is 3.01. The second-order valence-corrected chi connectivity index (χ2v) is 7.68. The highest BCUT2D eigenvalue weighted by Crippen LogP contribution is 2.47. The van der Waals surface area contributed by atoms with E-state index in [2.05, 4.69) is 11.9 Å². The van der Waals surface area contributed by atoms with Crippen LogP contribution >= 0.6 is 11.6 Å². The van der Waals surface area contributed by atoms with Crippen LogP contribution in [0, 0.1) is 12.8 Å². The summed E-state index contributed by atoms with van der Waals surface area (Å²) in [7, 11) is 1.78. The van der Waals surface area contributed by atoms with Crippen molar-refractivity contribution in [3.05, 3.63) is 64.2 Å². The first-order valence-corrected chi connectivity index (χ1v) is 9.21. The van der Waals surface area contributed by atoms with E-state index in [0.717, 1.165) is 22.4 Å². The maximum Gasteiger partial charge on any atom is 0.255 e. The molecule has 4 rings (SSSR count). The Labute approximate surface area is 157 Å². The van der Waals surface area contributed by atoms with Gasteiger partial charge in [0.25, 0.3) is 5.91 Å². The zero-order valence-corrected chi connectivity index (χ0v) is 15.9. The van der Waals surface area contributed by atoms with Crippen LogP contribution in [0.5, 0.6) is 0 Å². The second-order valence-electron chi connectivity index (χ2n) is 7.24. The van der Waals surface area contributed by atoms with E-state index in [1.165, 1.54) is 6.42 Å². The van der Waals surface area contributed by atoms with Gasteiger partial charge in [-0.1, -0.05) is 18.5 Å². The van der Waals surface area contributed by atoms with E-state index in [0.29, 0.717) is 34.7 Å². The van der Waals surface area contributed by atoms with E-state index in [1.54, 1.807) is 18.0 Å². The van der Waals surface area contributed by atoms with Gasteiger partial charge in [0.1, 0.15) is 11.5 Å². The number of benzene rings is 1. The summed E-state index contributed by atoms with van der Waals surface area (Å²) in [6.45, 7) is 4.52. The van der Waals surface area contributed by atoms with Crippen molar-refractivity contribution in [3.8, 4) is 0 Å². The standard InChI is InChI=1S/C21H21ClN2O2/c1-12-8-17(12)20-7-5-16(26-20)11-24(3)21(25)18-10-14-9-15(22)4-6-19(14)23-13(18)2/h4-7,9-10,12,17H,8,11H2,1-3H3/t12-,17-/m1/s1. The van der Waals surface area contributed by atoms with Crippen molar-refractivity contribution >= 4 is 28.4 Å². The number of pyridine rings is 1. The summed E-state index contributed by atoms with van der Waals surface area (Å²) < 4.78 is 5.92. The molecule has 1 aliphatic carbocycles. The Kier molecular flexibility index (Phi) is 4.23. The number of carbonyl (C=O) groups is 1. The van der Waals surface area contributed by atoms with Gasteiger partial charge in [0.2, 0.25) is 0 Å². The fraction of sp³-hybridized carbons (Fsp3) is 0.333. The van der Waals surface area contributed by atoms with Crippen LogP contribution in [0.15, 0.2) is 40.8 Å². The number of hydrogen-bond donors (Lipinski definition) is 0. The average Bonchev–Trinajstić information content (AvgIpc) is 3.15. The Morgan fingerprint density at radius 3 is 2.81 bits per heavy atom. The predicted molar refractivity (Wildman–Crippen MR) is 103 cm³/mol. The minimum Gasteiger partial charge on any atom is -0.464 e. The molecule has 0 radical (unpaired) electrons. The van der Waals surface area contributed by atoms with Crippen molar-refractivity contribution in [2.75, 3.05) is 7.05 Å². The number of fused-ring (bicyclic) bond motifs is 1. The summed E-state index contributed by atoms with van der Waals surface area (Å²) in [6.07, 6.45) is 1.19. The maximum atomic E-state index is 12.9. The SMILES string of the molecule is Cc1nc2ccc(Cl)cc2cc1C(=O)N(C)Cc1ccc([C@@H]2C[C@H]2C)o1. The van der Waals surface area contributed by atoms with Crippen molar-refractivity contribution < 1.29 is 9.21 Å². The fourth-order valence-corrected chi connectivity index (χ4v) is 3.55. The molecule has 2 aromatic heterocycles. The van der Waals surface area contributed by atoms with Crippen molar-refractivity contribution in [2.24, 2.45) is 5.92 Å². The number of furan rings is 1. The quantitative estimate of drug-likeness (QED) is 0.637. The zero-order valence-electron chi connectivity index (χ0n) is 15.1. The lowest BCUT2D eigenvalue weighted by atomic mass is 10.1. The lowest BCUT2D eigenvalue weighted by Gasteiger charge is -2.17. The summed E-state index contributed by atoms with van der Waals surface area (Å²) in [5, 5.41) is 1.50. The fourth-order valence-electron chi connectivity index (χ4n) is 3.37. The second kappa shape index (κ2) is 6.44. The van der Waals surface area contributed by atoms with Crippen LogP contribution in [-0.2, 0) is 6.54 Å². The van der Waals surface area contributed by atoms with Gasteiger partial charge in [0.15, 0.2) is 0 Å². The smallest absolute Gasteiger partial charge is 0.255 e. The van der Waals surface area contributed by atoms with Crippen molar-refractivity contribution in [1.29, 1.82) is 0 Å². The Morgan fingerprint density at radius 1 is 1.31 bits per heavy atom. The van der Waals surface area contributed by atoms with Gasteiger partial charge >= 0.3 is 0 Å². The minimum absolute atomic E-state index is 0.0744. The van der Waals surface area contributed by atoms with Crippen molar-refractivity contribution in [1.82, 2.24) is 9.88 Å². The van der Waals surface area contributed by atoms with E-state index < -0.39 is 0 Å². The summed E-state index contributed by atoms with van der Waals surface area (Å²) in [4.78, 5) is 19.1. The van der Waals surface area contributed by atoms with Gasteiger partial charge in [0.05, 0.1) is 23.3 Å². The summed E-state index contributed by atoms with van der Waals surface area (Å²) in [6, 6.07) is 11.4. The molecule has 0 saturated heterocycles. The number of aryl methyl sites for hydroxylation is 1. The third-order valence-corrected chi connectivity index (χ3v) is 5.33. The molecule has 5 heteroatoms. The molecule has 0 unspecified atom stereocenters. The van der Waals surface area contributed by atoms with E-state index in [9.17, 15) is 4.79 Å². The van der Waals surface area contributed by atoms with Gasteiger partial charge in [-0.05, 0) is 55.7 Å². The van der Waals surface area contributed by atoms with E-state index in [4.69, 9.17) is 16.0 Å². The molecule has 1 fully saturated rings. The zero-order chi connectivity index (χ0) is 18.4. The largest absolute Gasteiger partial charge is 0.464 e. The Hall–Kier alpha value is -2.33. The molecular formula is C21H21ClN2O2. The van der Waals surface area contributed by atoms with E-state index >= 15 is 0 Å². The number of nitrogens with zero attached hydrogens (tertiary/aromatic N) is 2. The molecule has 1 aromatic carbocycles. The number of amides is 1. The molecular weight excluding hydrogens is 348 g/mol. The van der Waals surface area contributed by atoms with Gasteiger partial charge in [-0.15, -0.1) is 0 Å². The Bertz CT molecular complexity index is 995. The van der Waals surface area contributed by atoms with Crippen LogP contribution in [0.1, 0.15) is 46.8 Å². The Morgan fingerprint density at radius 2 is 2.08 bits per heavy atom. The topological polar surface area (TPSA) is 46.3 Å². The van der Waals surface area contributed by atoms with Crippen molar-refractivity contribution in [2.45, 2.75) is 32.7 Å². The van der Waals surface area contributed by atoms with Gasteiger partial charge in [-0.3, -0.25) is 9.78 Å². The molecule has 1 amide bonds. The van der Waals surface area contributed by atoms with Gasteiger partial charge in [-0.2, -0.15) is 0 Å². The number of halogens is 1. The molecule has 0 spiro atoms. The molecule has 26 heavy (non-hydrogen) atoms. The Balaban J connectivity index is 1.55. The molecule has 1 aliphatic rings. The molecule has 3 aromatic rings. The summed E-state index contributed by atoms with van der Waals surface area (Å²) >= 11 is 6.07. The molecule has 134 valence electrons. The molecule has 1 saturated carbocycles. The van der Waals surface area contributed by atoms with Gasteiger partial charge < -0.3 is 9.32 Å². The lowest BCUT2D eigenvalue weighted by Crippen LogP contribution is -2.27. The highest BCUT2D eigenvalue weighted by molar-refractivity contribution is 6.31. The first kappa shape index (κ1) is 17.1. The third kappa shape index (κ3) is 3.21. The highest BCUT2D eigenvalue weighted by Gasteiger charge is 2.36. The highest BCUT2D eigenvalue weighted by atomic mass is 35.5. The minimum atomic E-state index is -0.0744. The molecule has 0 aliphatic heterocycles. The first-order valence-electron chi connectivity index (χ1n) is 8.83. The summed E-state index contributed by atoms with van der Waals surface area (Å²) in [5.41, 5.74) is 2.13. The predicted octanol–water partition coefficient (Wildman–Crippen LogP) is 5.19. The van der Waals surface area contributed by atoms with Crippen LogP contribution in [0.4, 0.5) is 0 Å². The van der Waals surface area contributed by atoms with Crippen LogP contribution in [0.2, 0.25) is 5.02 Å². The first-order chi connectivity index (χ1) is 12.4. The number of rotatable bonds is 4. The lowest BCUT2D eigenvalue weighted by molar-refractivity contribution is 0.0774. The van der Waals surface area contributed by atoms with Crippen LogP contribution in [0.25, 0.3) is 10.9 Å². The molecule has 2 atom stereocenters. The van der Waals surface area contributed by atoms with Crippen LogP contribution in [0.3, 0.4) is 0 Å². The number of aromatic nitrogens is 1. The van der Waals surface area contributed by atoms with Crippen LogP contribution < -0.4 is 0 Å². The molecule has 4 nitrogen and oxygen atoms in total. The molecule has 0 bridgehead atoms. The average molecular weight is 369 g/mol. The maximum absolute atomic E-state index is 12.9. The van der Waals surface area contributed by atoms with E-state index in [-0.39, 0.29) is 5.91 Å². The molecule has 2 heterocycles. The molecule has 0 N–H and O–H groups in total. The van der Waals surface area contributed by atoms with Gasteiger partial charge in [0, 0.05) is 23.4 Å². The van der Waals surface area contributed by atoms with Crippen molar-refractivity contribution in [3.63, 3.8) is 0 Å². The number of hydrogen-bond acceptors (Lipinski definition) is 3. The van der Waals surface area contributed by atoms with Crippen LogP contribution in [-0.4, -0.2) is 22.8 Å². The van der Waals surface area contributed by atoms with E-state index in [1.807, 2.05) is 37.3 Å².